The number of rotatable bonds is 6. The van der Waals surface area contributed by atoms with Gasteiger partial charge in [-0.15, -0.1) is 0 Å². The summed E-state index contributed by atoms with van der Waals surface area (Å²) in [6.45, 7) is 3.15. The molecule has 0 saturated carbocycles. The van der Waals surface area contributed by atoms with E-state index in [1.54, 1.807) is 24.3 Å². The molecule has 4 rings (SSSR count). The molecule has 0 fully saturated rings. The molecule has 2 heterocycles. The summed E-state index contributed by atoms with van der Waals surface area (Å²) in [5.74, 6) is -1.49. The van der Waals surface area contributed by atoms with Crippen LogP contribution in [0.25, 0.3) is 10.2 Å². The number of ether oxygens (including phenoxy) is 1. The first-order valence-corrected chi connectivity index (χ1v) is 11.0. The number of amides is 3. The zero-order valence-electron chi connectivity index (χ0n) is 16.1. The van der Waals surface area contributed by atoms with Crippen LogP contribution in [-0.2, 0) is 16.1 Å². The summed E-state index contributed by atoms with van der Waals surface area (Å²) in [6, 6.07) is 12.4. The van der Waals surface area contributed by atoms with Crippen LogP contribution in [0.15, 0.2) is 51.9 Å². The molecule has 0 aliphatic carbocycles. The number of carbonyl (C=O) groups excluding carboxylic acids is 3. The molecule has 1 aliphatic heterocycles. The molecule has 154 valence electrons. The summed E-state index contributed by atoms with van der Waals surface area (Å²) in [5, 5.41) is 0. The molecule has 3 aromatic rings. The van der Waals surface area contributed by atoms with Crippen LogP contribution in [0.2, 0.25) is 0 Å². The van der Waals surface area contributed by atoms with Crippen molar-refractivity contribution >= 4 is 55.2 Å². The number of aromatic nitrogens is 1. The highest BCUT2D eigenvalue weighted by Gasteiger charge is 2.36. The van der Waals surface area contributed by atoms with Gasteiger partial charge in [-0.2, -0.15) is 4.99 Å². The van der Waals surface area contributed by atoms with Gasteiger partial charge in [0.25, 0.3) is 17.7 Å². The van der Waals surface area contributed by atoms with E-state index < -0.39 is 24.3 Å². The fourth-order valence-corrected chi connectivity index (χ4v) is 4.93. The van der Waals surface area contributed by atoms with Crippen molar-refractivity contribution in [1.82, 2.24) is 9.47 Å². The Bertz CT molecular complexity index is 1200. The van der Waals surface area contributed by atoms with Gasteiger partial charge < -0.3 is 9.30 Å². The van der Waals surface area contributed by atoms with Gasteiger partial charge in [0, 0.05) is 17.6 Å². The molecular formula is C21H18BrN3O4S. The molecule has 1 aliphatic rings. The van der Waals surface area contributed by atoms with Crippen molar-refractivity contribution in [3.8, 4) is 0 Å². The molecule has 0 atom stereocenters. The molecule has 7 nitrogen and oxygen atoms in total. The van der Waals surface area contributed by atoms with Gasteiger partial charge in [-0.25, -0.2) is 0 Å². The fourth-order valence-electron chi connectivity index (χ4n) is 3.31. The summed E-state index contributed by atoms with van der Waals surface area (Å²) < 4.78 is 9.27. The van der Waals surface area contributed by atoms with Gasteiger partial charge in [0.1, 0.15) is 6.54 Å². The number of carbonyl (C=O) groups is 3. The van der Waals surface area contributed by atoms with Crippen molar-refractivity contribution in [1.29, 1.82) is 0 Å². The summed E-state index contributed by atoms with van der Waals surface area (Å²) in [7, 11) is 0. The summed E-state index contributed by atoms with van der Waals surface area (Å²) >= 11 is 4.83. The molecule has 0 N–H and O–H groups in total. The third kappa shape index (κ3) is 3.88. The van der Waals surface area contributed by atoms with Gasteiger partial charge in [0.05, 0.1) is 28.0 Å². The third-order valence-electron chi connectivity index (χ3n) is 4.70. The lowest BCUT2D eigenvalue weighted by molar-refractivity contribution is -0.118. The van der Waals surface area contributed by atoms with Crippen LogP contribution < -0.4 is 4.80 Å². The Labute approximate surface area is 184 Å². The van der Waals surface area contributed by atoms with Crippen LogP contribution in [-0.4, -0.2) is 46.9 Å². The lowest BCUT2D eigenvalue weighted by Crippen LogP contribution is -2.35. The molecule has 3 amide bonds. The Kier molecular flexibility index (Phi) is 5.94. The second-order valence-electron chi connectivity index (χ2n) is 6.59. The highest BCUT2D eigenvalue weighted by molar-refractivity contribution is 9.10. The molecule has 0 saturated heterocycles. The summed E-state index contributed by atoms with van der Waals surface area (Å²) in [5.41, 5.74) is 1.57. The van der Waals surface area contributed by atoms with E-state index in [0.717, 1.165) is 19.6 Å². The maximum absolute atomic E-state index is 12.7. The van der Waals surface area contributed by atoms with E-state index in [1.807, 2.05) is 29.7 Å². The number of thiazole rings is 1. The number of hydrogen-bond acceptors (Lipinski definition) is 5. The molecule has 0 unspecified atom stereocenters. The zero-order chi connectivity index (χ0) is 21.3. The Hall–Kier alpha value is -2.62. The average molecular weight is 488 g/mol. The number of imide groups is 1. The van der Waals surface area contributed by atoms with E-state index in [9.17, 15) is 14.4 Å². The molecule has 0 spiro atoms. The monoisotopic (exact) mass is 487 g/mol. The van der Waals surface area contributed by atoms with Gasteiger partial charge in [0.2, 0.25) is 0 Å². The van der Waals surface area contributed by atoms with Gasteiger partial charge in [-0.1, -0.05) is 39.4 Å². The second kappa shape index (κ2) is 8.63. The molecule has 2 aromatic carbocycles. The maximum atomic E-state index is 12.7. The minimum Gasteiger partial charge on any atom is -0.380 e. The summed E-state index contributed by atoms with van der Waals surface area (Å²) in [6.07, 6.45) is 0. The molecule has 30 heavy (non-hydrogen) atoms. The van der Waals surface area contributed by atoms with Gasteiger partial charge in [-0.3, -0.25) is 19.3 Å². The number of fused-ring (bicyclic) bond motifs is 2. The SMILES string of the molecule is CCOCCn1c(=NC(=O)CN2C(=O)c3ccccc3C2=O)sc2cc(Br)ccc21. The van der Waals surface area contributed by atoms with E-state index in [0.29, 0.717) is 35.7 Å². The van der Waals surface area contributed by atoms with E-state index in [2.05, 4.69) is 20.9 Å². The van der Waals surface area contributed by atoms with Gasteiger partial charge >= 0.3 is 0 Å². The molecule has 0 radical (unpaired) electrons. The van der Waals surface area contributed by atoms with E-state index in [4.69, 9.17) is 4.74 Å². The van der Waals surface area contributed by atoms with Gasteiger partial charge in [-0.05, 0) is 37.3 Å². The summed E-state index contributed by atoms with van der Waals surface area (Å²) in [4.78, 5) is 43.4. The minimum atomic E-state index is -0.555. The topological polar surface area (TPSA) is 81.0 Å². The standard InChI is InChI=1S/C21H18BrN3O4S/c1-2-29-10-9-24-16-8-7-13(22)11-17(16)30-21(24)23-18(26)12-25-19(27)14-5-3-4-6-15(14)20(25)28/h3-8,11H,2,9-10,12H2,1H3. The van der Waals surface area contributed by atoms with Crippen molar-refractivity contribution in [3.63, 3.8) is 0 Å². The van der Waals surface area contributed by atoms with Crippen molar-refractivity contribution in [2.45, 2.75) is 13.5 Å². The lowest BCUT2D eigenvalue weighted by Gasteiger charge is -2.10. The lowest BCUT2D eigenvalue weighted by atomic mass is 10.1. The van der Waals surface area contributed by atoms with E-state index in [1.165, 1.54) is 11.3 Å². The van der Waals surface area contributed by atoms with Crippen molar-refractivity contribution < 1.29 is 19.1 Å². The highest BCUT2D eigenvalue weighted by atomic mass is 79.9. The van der Waals surface area contributed by atoms with E-state index in [-0.39, 0.29) is 0 Å². The van der Waals surface area contributed by atoms with Crippen LogP contribution in [0, 0.1) is 0 Å². The van der Waals surface area contributed by atoms with Crippen LogP contribution in [0.4, 0.5) is 0 Å². The predicted molar refractivity (Wildman–Crippen MR) is 116 cm³/mol. The van der Waals surface area contributed by atoms with E-state index >= 15 is 0 Å². The predicted octanol–water partition coefficient (Wildman–Crippen LogP) is 3.23. The third-order valence-corrected chi connectivity index (χ3v) is 6.23. The Morgan fingerprint density at radius 3 is 2.50 bits per heavy atom. The average Bonchev–Trinajstić information content (AvgIpc) is 3.18. The minimum absolute atomic E-state index is 0.314. The van der Waals surface area contributed by atoms with Crippen LogP contribution in [0.1, 0.15) is 27.6 Å². The number of halogens is 1. The van der Waals surface area contributed by atoms with Crippen molar-refractivity contribution in [3.05, 3.63) is 62.9 Å². The molecular weight excluding hydrogens is 470 g/mol. The first-order chi connectivity index (χ1) is 14.5. The quantitative estimate of drug-likeness (QED) is 0.394. The normalized spacial score (nSPS) is 14.1. The first-order valence-electron chi connectivity index (χ1n) is 9.39. The van der Waals surface area contributed by atoms with Crippen molar-refractivity contribution in [2.75, 3.05) is 19.8 Å². The molecule has 1 aromatic heterocycles. The molecule has 0 bridgehead atoms. The largest absolute Gasteiger partial charge is 0.380 e. The van der Waals surface area contributed by atoms with Crippen molar-refractivity contribution in [2.24, 2.45) is 4.99 Å². The van der Waals surface area contributed by atoms with Gasteiger partial charge in [0.15, 0.2) is 4.80 Å². The Balaban J connectivity index is 1.64. The first kappa shape index (κ1) is 20.6. The zero-order valence-corrected chi connectivity index (χ0v) is 18.5. The maximum Gasteiger partial charge on any atom is 0.268 e. The highest BCUT2D eigenvalue weighted by Crippen LogP contribution is 2.23. The Morgan fingerprint density at radius 2 is 1.83 bits per heavy atom. The van der Waals surface area contributed by atoms with Crippen LogP contribution in [0.3, 0.4) is 0 Å². The smallest absolute Gasteiger partial charge is 0.268 e. The fraction of sp³-hybridized carbons (Fsp3) is 0.238. The number of hydrogen-bond donors (Lipinski definition) is 0. The van der Waals surface area contributed by atoms with Crippen LogP contribution in [0.5, 0.6) is 0 Å². The Morgan fingerprint density at radius 1 is 1.13 bits per heavy atom. The second-order valence-corrected chi connectivity index (χ2v) is 8.52. The number of nitrogens with zero attached hydrogens (tertiary/aromatic N) is 3. The van der Waals surface area contributed by atoms with Crippen LogP contribution >= 0.6 is 27.3 Å². The number of benzene rings is 2. The molecule has 9 heteroatoms.